The van der Waals surface area contributed by atoms with E-state index in [0.717, 1.165) is 23.2 Å². The van der Waals surface area contributed by atoms with Crippen LogP contribution in [-0.4, -0.2) is 0 Å². The van der Waals surface area contributed by atoms with Crippen molar-refractivity contribution < 1.29 is 0 Å². The summed E-state index contributed by atoms with van der Waals surface area (Å²) in [6, 6.07) is 0. The maximum atomic E-state index is 2.47. The van der Waals surface area contributed by atoms with Crippen LogP contribution in [0.1, 0.15) is 60.3 Å². The quantitative estimate of drug-likeness (QED) is 0.587. The first-order valence-electron chi connectivity index (χ1n) is 6.08. The Morgan fingerprint density at radius 2 is 1.85 bits per heavy atom. The molecule has 0 radical (unpaired) electrons. The smallest absolute Gasteiger partial charge is 0.0241 e. The fourth-order valence-corrected chi connectivity index (χ4v) is 3.29. The Labute approximate surface area is 84.1 Å². The van der Waals surface area contributed by atoms with Gasteiger partial charge in [0.2, 0.25) is 0 Å². The topological polar surface area (TPSA) is 0 Å². The normalized spacial score (nSPS) is 35.1. The molecule has 1 fully saturated rings. The highest BCUT2D eigenvalue weighted by Gasteiger charge is 2.56. The Morgan fingerprint density at radius 3 is 2.15 bits per heavy atom. The number of hydrogen-bond acceptors (Lipinski definition) is 0. The van der Waals surface area contributed by atoms with Crippen LogP contribution in [0.3, 0.4) is 0 Å². The average molecular weight is 182 g/mol. The second-order valence-electron chi connectivity index (χ2n) is 5.33. The molecule has 0 heterocycles. The van der Waals surface area contributed by atoms with Gasteiger partial charge in [0.1, 0.15) is 0 Å². The predicted octanol–water partition coefficient (Wildman–Crippen LogP) is 4.49. The van der Waals surface area contributed by atoms with E-state index in [1.54, 1.807) is 0 Å². The van der Waals surface area contributed by atoms with E-state index in [4.69, 9.17) is 0 Å². The highest BCUT2D eigenvalue weighted by Crippen LogP contribution is 2.64. The molecule has 78 valence electrons. The lowest BCUT2D eigenvalue weighted by Crippen LogP contribution is -2.16. The largest absolute Gasteiger partial charge is 0.0654 e. The SMILES string of the molecule is CCCC(C)C1(CC)CC1C(C)C. The molecule has 0 amide bonds. The van der Waals surface area contributed by atoms with Gasteiger partial charge in [-0.25, -0.2) is 0 Å². The minimum absolute atomic E-state index is 0.740. The summed E-state index contributed by atoms with van der Waals surface area (Å²) in [4.78, 5) is 0. The zero-order valence-corrected chi connectivity index (χ0v) is 10.1. The first kappa shape index (κ1) is 11.1. The molecule has 0 saturated heterocycles. The van der Waals surface area contributed by atoms with Gasteiger partial charge in [-0.15, -0.1) is 0 Å². The Balaban J connectivity index is 2.54. The third-order valence-corrected chi connectivity index (χ3v) is 4.34. The lowest BCUT2D eigenvalue weighted by Gasteiger charge is -2.24. The first-order chi connectivity index (χ1) is 6.08. The van der Waals surface area contributed by atoms with Crippen LogP contribution in [0.4, 0.5) is 0 Å². The fraction of sp³-hybridized carbons (Fsp3) is 1.00. The second-order valence-corrected chi connectivity index (χ2v) is 5.33. The number of hydrogen-bond donors (Lipinski definition) is 0. The van der Waals surface area contributed by atoms with Gasteiger partial charge in [0.25, 0.3) is 0 Å². The van der Waals surface area contributed by atoms with E-state index in [-0.39, 0.29) is 0 Å². The Morgan fingerprint density at radius 1 is 1.23 bits per heavy atom. The lowest BCUT2D eigenvalue weighted by molar-refractivity contribution is 0.251. The molecule has 0 aromatic carbocycles. The molecular weight excluding hydrogens is 156 g/mol. The Bertz CT molecular complexity index is 159. The molecule has 3 atom stereocenters. The summed E-state index contributed by atoms with van der Waals surface area (Å²) in [5.74, 6) is 2.88. The van der Waals surface area contributed by atoms with Crippen LogP contribution in [0.25, 0.3) is 0 Å². The van der Waals surface area contributed by atoms with Crippen molar-refractivity contribution in [3.8, 4) is 0 Å². The molecule has 1 aliphatic rings. The van der Waals surface area contributed by atoms with Crippen molar-refractivity contribution in [1.82, 2.24) is 0 Å². The molecule has 1 saturated carbocycles. The number of rotatable bonds is 5. The van der Waals surface area contributed by atoms with Gasteiger partial charge in [0.15, 0.2) is 0 Å². The average Bonchev–Trinajstić information content (AvgIpc) is 2.80. The van der Waals surface area contributed by atoms with Gasteiger partial charge in [-0.05, 0) is 36.0 Å². The zero-order valence-electron chi connectivity index (χ0n) is 10.1. The van der Waals surface area contributed by atoms with Crippen LogP contribution >= 0.6 is 0 Å². The summed E-state index contributed by atoms with van der Waals surface area (Å²) in [6.07, 6.45) is 5.68. The van der Waals surface area contributed by atoms with Crippen molar-refractivity contribution in [2.24, 2.45) is 23.2 Å². The fourth-order valence-electron chi connectivity index (χ4n) is 3.29. The molecule has 0 spiro atoms. The van der Waals surface area contributed by atoms with Gasteiger partial charge in [0, 0.05) is 0 Å². The molecule has 0 aliphatic heterocycles. The van der Waals surface area contributed by atoms with E-state index >= 15 is 0 Å². The maximum Gasteiger partial charge on any atom is -0.0241 e. The molecule has 1 aliphatic carbocycles. The van der Waals surface area contributed by atoms with Gasteiger partial charge in [-0.3, -0.25) is 0 Å². The summed E-state index contributed by atoms with van der Waals surface area (Å²) in [5, 5.41) is 0. The standard InChI is InChI=1S/C13H26/c1-6-8-11(5)13(7-2)9-12(13)10(3)4/h10-12H,6-9H2,1-5H3. The lowest BCUT2D eigenvalue weighted by atomic mass is 9.81. The predicted molar refractivity (Wildman–Crippen MR) is 59.7 cm³/mol. The Hall–Kier alpha value is 0. The van der Waals surface area contributed by atoms with Crippen molar-refractivity contribution in [1.29, 1.82) is 0 Å². The van der Waals surface area contributed by atoms with Gasteiger partial charge in [-0.2, -0.15) is 0 Å². The minimum Gasteiger partial charge on any atom is -0.0654 e. The summed E-state index contributed by atoms with van der Waals surface area (Å²) in [7, 11) is 0. The van der Waals surface area contributed by atoms with E-state index in [2.05, 4.69) is 34.6 Å². The summed E-state index contributed by atoms with van der Waals surface area (Å²) in [5.41, 5.74) is 0.740. The third kappa shape index (κ3) is 1.92. The maximum absolute atomic E-state index is 2.47. The highest BCUT2D eigenvalue weighted by molar-refractivity contribution is 5.05. The first-order valence-corrected chi connectivity index (χ1v) is 6.08. The van der Waals surface area contributed by atoms with Crippen LogP contribution in [0.2, 0.25) is 0 Å². The van der Waals surface area contributed by atoms with Crippen molar-refractivity contribution in [2.75, 3.05) is 0 Å². The molecule has 0 aromatic rings. The summed E-state index contributed by atoms with van der Waals surface area (Å²) < 4.78 is 0. The molecule has 0 nitrogen and oxygen atoms in total. The molecule has 3 unspecified atom stereocenters. The van der Waals surface area contributed by atoms with E-state index in [0.29, 0.717) is 0 Å². The molecule has 0 heteroatoms. The van der Waals surface area contributed by atoms with Crippen molar-refractivity contribution >= 4 is 0 Å². The molecule has 1 rings (SSSR count). The highest BCUT2D eigenvalue weighted by atomic mass is 14.6. The Kier molecular flexibility index (Phi) is 3.43. The van der Waals surface area contributed by atoms with E-state index in [1.807, 2.05) is 0 Å². The van der Waals surface area contributed by atoms with Crippen LogP contribution in [0.15, 0.2) is 0 Å². The van der Waals surface area contributed by atoms with Crippen molar-refractivity contribution in [3.05, 3.63) is 0 Å². The molecule has 0 aromatic heterocycles. The van der Waals surface area contributed by atoms with Crippen LogP contribution in [0, 0.1) is 23.2 Å². The summed E-state index contributed by atoms with van der Waals surface area (Å²) in [6.45, 7) is 11.9. The van der Waals surface area contributed by atoms with Crippen LogP contribution in [-0.2, 0) is 0 Å². The molecule has 13 heavy (non-hydrogen) atoms. The molecule has 0 bridgehead atoms. The molecular formula is C13H26. The molecule has 0 N–H and O–H groups in total. The van der Waals surface area contributed by atoms with Gasteiger partial charge in [0.05, 0.1) is 0 Å². The van der Waals surface area contributed by atoms with Crippen LogP contribution in [0.5, 0.6) is 0 Å². The van der Waals surface area contributed by atoms with Crippen molar-refractivity contribution in [3.63, 3.8) is 0 Å². The van der Waals surface area contributed by atoms with Gasteiger partial charge in [-0.1, -0.05) is 47.5 Å². The van der Waals surface area contributed by atoms with E-state index < -0.39 is 0 Å². The van der Waals surface area contributed by atoms with E-state index in [1.165, 1.54) is 25.7 Å². The minimum atomic E-state index is 0.740. The van der Waals surface area contributed by atoms with Crippen LogP contribution < -0.4 is 0 Å². The van der Waals surface area contributed by atoms with Gasteiger partial charge >= 0.3 is 0 Å². The zero-order chi connectivity index (χ0) is 10.1. The van der Waals surface area contributed by atoms with Gasteiger partial charge < -0.3 is 0 Å². The second kappa shape index (κ2) is 4.02. The monoisotopic (exact) mass is 182 g/mol. The summed E-state index contributed by atoms with van der Waals surface area (Å²) >= 11 is 0. The third-order valence-electron chi connectivity index (χ3n) is 4.34. The van der Waals surface area contributed by atoms with E-state index in [9.17, 15) is 0 Å². The van der Waals surface area contributed by atoms with Crippen molar-refractivity contribution in [2.45, 2.75) is 60.3 Å².